The molecule has 1 aliphatic carbocycles. The van der Waals surface area contributed by atoms with E-state index in [4.69, 9.17) is 4.74 Å². The molecule has 0 aliphatic heterocycles. The lowest BCUT2D eigenvalue weighted by Crippen LogP contribution is -2.44. The van der Waals surface area contributed by atoms with Crippen LogP contribution in [0.15, 0.2) is 48.5 Å². The zero-order valence-electron chi connectivity index (χ0n) is 20.1. The number of benzene rings is 2. The molecule has 2 aromatic rings. The molecule has 2 aromatic carbocycles. The summed E-state index contributed by atoms with van der Waals surface area (Å²) in [6, 6.07) is 13.9. The van der Waals surface area contributed by atoms with Crippen molar-refractivity contribution in [2.24, 2.45) is 5.92 Å². The maximum atomic E-state index is 13.2. The van der Waals surface area contributed by atoms with Gasteiger partial charge in [0.25, 0.3) is 0 Å². The fourth-order valence-corrected chi connectivity index (χ4v) is 4.43. The van der Waals surface area contributed by atoms with Gasteiger partial charge in [-0.3, -0.25) is 4.74 Å². The summed E-state index contributed by atoms with van der Waals surface area (Å²) in [5.41, 5.74) is 1.43. The minimum atomic E-state index is -4.84. The summed E-state index contributed by atoms with van der Waals surface area (Å²) in [7, 11) is 0. The van der Waals surface area contributed by atoms with Crippen LogP contribution >= 0.6 is 0 Å². The number of halogens is 6. The largest absolute Gasteiger partial charge is 0.522 e. The third-order valence-electron chi connectivity index (χ3n) is 6.23. The van der Waals surface area contributed by atoms with Gasteiger partial charge in [-0.05, 0) is 60.9 Å². The molecule has 3 atom stereocenters. The van der Waals surface area contributed by atoms with Gasteiger partial charge in [0.2, 0.25) is 0 Å². The van der Waals surface area contributed by atoms with Crippen LogP contribution in [-0.4, -0.2) is 42.9 Å². The highest BCUT2D eigenvalue weighted by molar-refractivity contribution is 5.52. The van der Waals surface area contributed by atoms with Crippen molar-refractivity contribution < 1.29 is 40.9 Å². The third-order valence-corrected chi connectivity index (χ3v) is 6.23. The molecule has 200 valence electrons. The van der Waals surface area contributed by atoms with Gasteiger partial charge in [-0.25, -0.2) is 0 Å². The van der Waals surface area contributed by atoms with Crippen LogP contribution in [0.4, 0.5) is 32.0 Å². The van der Waals surface area contributed by atoms with Gasteiger partial charge in [0.1, 0.15) is 11.5 Å². The van der Waals surface area contributed by atoms with Crippen LogP contribution in [-0.2, 0) is 4.74 Å². The predicted octanol–water partition coefficient (Wildman–Crippen LogP) is 7.43. The second-order valence-electron chi connectivity index (χ2n) is 9.51. The van der Waals surface area contributed by atoms with Gasteiger partial charge in [-0.2, -0.15) is 13.2 Å². The first-order chi connectivity index (χ1) is 16.8. The molecule has 1 fully saturated rings. The molecule has 1 aliphatic rings. The molecule has 0 saturated heterocycles. The minimum Gasteiger partial charge on any atom is -0.457 e. The van der Waals surface area contributed by atoms with Crippen LogP contribution in [0.2, 0.25) is 0 Å². The Labute approximate surface area is 206 Å². The highest BCUT2D eigenvalue weighted by atomic mass is 19.4. The zero-order chi connectivity index (χ0) is 26.5. The number of nitrogens with zero attached hydrogens (tertiary/aromatic N) is 1. The van der Waals surface area contributed by atoms with Crippen LogP contribution in [0.1, 0.15) is 51.0 Å². The molecule has 3 unspecified atom stereocenters. The summed E-state index contributed by atoms with van der Waals surface area (Å²) >= 11 is 0. The summed E-state index contributed by atoms with van der Waals surface area (Å²) in [6.45, 7) is 3.37. The molecule has 0 amide bonds. The first-order valence-electron chi connectivity index (χ1n) is 11.9. The first-order valence-corrected chi connectivity index (χ1v) is 11.9. The molecule has 0 aromatic heterocycles. The summed E-state index contributed by atoms with van der Waals surface area (Å²) in [4.78, 5) is 1.36. The van der Waals surface area contributed by atoms with Crippen molar-refractivity contribution >= 4 is 5.69 Å². The molecule has 0 radical (unpaired) electrons. The summed E-state index contributed by atoms with van der Waals surface area (Å²) in [6.07, 6.45) is -11.9. The van der Waals surface area contributed by atoms with Crippen LogP contribution in [0.25, 0.3) is 0 Å². The molecule has 4 nitrogen and oxygen atoms in total. The van der Waals surface area contributed by atoms with E-state index in [1.165, 1.54) is 4.90 Å². The van der Waals surface area contributed by atoms with Gasteiger partial charge in [0, 0.05) is 18.3 Å². The standard InChI is InChI=1S/C26H31F6NO3/c1-17(2)19-7-4-9-21(13-19)35-22-10-5-8-20(14-22)33(16-24(34)25(27,28)29)15-18-6-3-11-23(12-18)36-26(30,31)32/h4-5,7-10,13-14,17-18,23-24,34H,3,6,11-12,15-16H2,1-2H3. The number of ether oxygens (including phenoxy) is 2. The maximum absolute atomic E-state index is 13.2. The summed E-state index contributed by atoms with van der Waals surface area (Å²) < 4.78 is 87.7. The Morgan fingerprint density at radius 2 is 1.64 bits per heavy atom. The predicted molar refractivity (Wildman–Crippen MR) is 124 cm³/mol. The highest BCUT2D eigenvalue weighted by Crippen LogP contribution is 2.34. The Morgan fingerprint density at radius 1 is 0.972 bits per heavy atom. The SMILES string of the molecule is CC(C)c1cccc(Oc2cccc(N(CC3CCCC(OC(F)(F)F)C3)CC(O)C(F)(F)F)c2)c1. The van der Waals surface area contributed by atoms with Crippen LogP contribution in [0, 0.1) is 5.92 Å². The lowest BCUT2D eigenvalue weighted by Gasteiger charge is -2.35. The fourth-order valence-electron chi connectivity index (χ4n) is 4.43. The van der Waals surface area contributed by atoms with Crippen molar-refractivity contribution in [1.29, 1.82) is 0 Å². The van der Waals surface area contributed by atoms with E-state index in [1.807, 2.05) is 32.0 Å². The number of alkyl halides is 6. The van der Waals surface area contributed by atoms with E-state index < -0.39 is 31.3 Å². The van der Waals surface area contributed by atoms with Crippen LogP contribution < -0.4 is 9.64 Å². The Kier molecular flexibility index (Phi) is 9.16. The second kappa shape index (κ2) is 11.7. The van der Waals surface area contributed by atoms with E-state index in [0.29, 0.717) is 30.0 Å². The Morgan fingerprint density at radius 3 is 2.28 bits per heavy atom. The average Bonchev–Trinajstić information content (AvgIpc) is 2.77. The number of aliphatic hydroxyl groups excluding tert-OH is 1. The van der Waals surface area contributed by atoms with E-state index in [-0.39, 0.29) is 31.2 Å². The fraction of sp³-hybridized carbons (Fsp3) is 0.538. The number of aliphatic hydroxyl groups is 1. The van der Waals surface area contributed by atoms with Crippen molar-refractivity contribution in [3.8, 4) is 11.5 Å². The number of anilines is 1. The topological polar surface area (TPSA) is 41.9 Å². The van der Waals surface area contributed by atoms with E-state index in [1.54, 1.807) is 30.3 Å². The molecule has 0 spiro atoms. The van der Waals surface area contributed by atoms with Crippen LogP contribution in [0.5, 0.6) is 11.5 Å². The monoisotopic (exact) mass is 519 g/mol. The Bertz CT molecular complexity index is 979. The van der Waals surface area contributed by atoms with Gasteiger partial charge in [-0.1, -0.05) is 38.5 Å². The van der Waals surface area contributed by atoms with Gasteiger partial charge < -0.3 is 14.7 Å². The average molecular weight is 520 g/mol. The number of rotatable bonds is 9. The van der Waals surface area contributed by atoms with Gasteiger partial charge >= 0.3 is 12.5 Å². The molecular weight excluding hydrogens is 488 g/mol. The molecule has 0 bridgehead atoms. The van der Waals surface area contributed by atoms with E-state index in [0.717, 1.165) is 5.56 Å². The van der Waals surface area contributed by atoms with Crippen molar-refractivity contribution in [3.63, 3.8) is 0 Å². The Hall–Kier alpha value is -2.46. The van der Waals surface area contributed by atoms with Gasteiger partial charge in [-0.15, -0.1) is 13.2 Å². The van der Waals surface area contributed by atoms with E-state index in [2.05, 4.69) is 4.74 Å². The molecular formula is C26H31F6NO3. The summed E-state index contributed by atoms with van der Waals surface area (Å²) in [5, 5.41) is 9.77. The summed E-state index contributed by atoms with van der Waals surface area (Å²) in [5.74, 6) is 0.903. The number of hydrogen-bond donors (Lipinski definition) is 1. The van der Waals surface area contributed by atoms with Gasteiger partial charge in [0.05, 0.1) is 12.6 Å². The molecule has 3 rings (SSSR count). The minimum absolute atomic E-state index is 0.0388. The Balaban J connectivity index is 1.80. The molecule has 36 heavy (non-hydrogen) atoms. The quantitative estimate of drug-likeness (QED) is 0.350. The molecule has 1 saturated carbocycles. The van der Waals surface area contributed by atoms with Gasteiger partial charge in [0.15, 0.2) is 6.10 Å². The third kappa shape index (κ3) is 8.58. The van der Waals surface area contributed by atoms with Crippen molar-refractivity contribution in [2.45, 2.75) is 70.2 Å². The van der Waals surface area contributed by atoms with Crippen molar-refractivity contribution in [2.75, 3.05) is 18.0 Å². The van der Waals surface area contributed by atoms with Crippen LogP contribution in [0.3, 0.4) is 0 Å². The normalized spacial score (nSPS) is 19.8. The first kappa shape index (κ1) is 28.1. The van der Waals surface area contributed by atoms with Crippen molar-refractivity contribution in [3.05, 3.63) is 54.1 Å². The zero-order valence-corrected chi connectivity index (χ0v) is 20.1. The lowest BCUT2D eigenvalue weighted by molar-refractivity contribution is -0.346. The smallest absolute Gasteiger partial charge is 0.457 e. The van der Waals surface area contributed by atoms with E-state index >= 15 is 0 Å². The lowest BCUT2D eigenvalue weighted by atomic mass is 9.86. The second-order valence-corrected chi connectivity index (χ2v) is 9.51. The van der Waals surface area contributed by atoms with E-state index in [9.17, 15) is 31.4 Å². The van der Waals surface area contributed by atoms with Crippen molar-refractivity contribution in [1.82, 2.24) is 0 Å². The number of hydrogen-bond acceptors (Lipinski definition) is 4. The molecule has 0 heterocycles. The molecule has 1 N–H and O–H groups in total. The highest BCUT2D eigenvalue weighted by Gasteiger charge is 2.40. The molecule has 10 heteroatoms. The maximum Gasteiger partial charge on any atom is 0.522 e.